The van der Waals surface area contributed by atoms with Gasteiger partial charge in [0.05, 0.1) is 39.9 Å². The topological polar surface area (TPSA) is 108 Å². The molecule has 0 radical (unpaired) electrons. The molecule has 9 heteroatoms. The van der Waals surface area contributed by atoms with Crippen LogP contribution < -0.4 is 10.2 Å². The van der Waals surface area contributed by atoms with Gasteiger partial charge in [-0.15, -0.1) is 0 Å². The van der Waals surface area contributed by atoms with E-state index >= 15 is 0 Å². The van der Waals surface area contributed by atoms with Gasteiger partial charge < -0.3 is 28.8 Å². The number of quaternary nitrogens is 1. The van der Waals surface area contributed by atoms with Crippen molar-refractivity contribution in [1.29, 1.82) is 0 Å². The van der Waals surface area contributed by atoms with E-state index in [4.69, 9.17) is 9.05 Å². The van der Waals surface area contributed by atoms with Crippen molar-refractivity contribution in [2.24, 2.45) is 0 Å². The molecule has 0 aromatic rings. The minimum atomic E-state index is -4.58. The second-order valence-electron chi connectivity index (χ2n) is 14.6. The molecule has 3 unspecified atom stereocenters. The molecule has 0 aromatic carbocycles. The molecule has 8 nitrogen and oxygen atoms in total. The predicted molar refractivity (Wildman–Crippen MR) is 205 cm³/mol. The fourth-order valence-electron chi connectivity index (χ4n) is 5.36. The standard InChI is InChI=1S/C40H77N2O6P/c1-6-8-10-12-14-16-18-19-20-21-22-24-26-28-30-32-34-40(44)41-38(37-48-49(45,46)47-36-35-42(3,4)5)39(43)33-31-29-27-25-23-17-15-13-11-9-7-2/h16,18,20-21,31,33,38-39,43H,6-15,17,19,22-30,32,34-37H2,1-5H3,(H-,41,44,45,46)/b18-16-,21-20-,33-31+. The van der Waals surface area contributed by atoms with Gasteiger partial charge in [-0.1, -0.05) is 140 Å². The number of carbonyl (C=O) groups is 1. The molecule has 0 saturated heterocycles. The number of carbonyl (C=O) groups excluding carboxylic acids is 1. The summed E-state index contributed by atoms with van der Waals surface area (Å²) < 4.78 is 23.1. The fraction of sp³-hybridized carbons (Fsp3) is 0.825. The Balaban J connectivity index is 4.52. The number of hydrogen-bond acceptors (Lipinski definition) is 6. The maximum absolute atomic E-state index is 12.8. The van der Waals surface area contributed by atoms with E-state index in [0.29, 0.717) is 17.4 Å². The third kappa shape index (κ3) is 34.9. The van der Waals surface area contributed by atoms with Gasteiger partial charge in [-0.2, -0.15) is 0 Å². The van der Waals surface area contributed by atoms with Crippen LogP contribution in [0.1, 0.15) is 162 Å². The maximum Gasteiger partial charge on any atom is 0.268 e. The van der Waals surface area contributed by atoms with Crippen molar-refractivity contribution >= 4 is 13.7 Å². The molecule has 0 spiro atoms. The normalized spacial score (nSPS) is 15.0. The number of aliphatic hydroxyl groups excluding tert-OH is 1. The molecule has 0 aliphatic carbocycles. The number of nitrogens with one attached hydrogen (secondary N) is 1. The van der Waals surface area contributed by atoms with Crippen LogP contribution >= 0.6 is 7.82 Å². The zero-order chi connectivity index (χ0) is 36.5. The first-order valence-corrected chi connectivity index (χ1v) is 21.3. The Hall–Kier alpha value is -1.28. The van der Waals surface area contributed by atoms with Crippen molar-refractivity contribution in [3.8, 4) is 0 Å². The molecule has 0 aromatic heterocycles. The van der Waals surface area contributed by atoms with E-state index in [-0.39, 0.29) is 19.1 Å². The minimum absolute atomic E-state index is 0.00458. The summed E-state index contributed by atoms with van der Waals surface area (Å²) in [5.41, 5.74) is 0. The van der Waals surface area contributed by atoms with Crippen LogP contribution in [0.15, 0.2) is 36.5 Å². The van der Waals surface area contributed by atoms with Crippen LogP contribution in [-0.2, 0) is 18.4 Å². The molecule has 0 fully saturated rings. The summed E-state index contributed by atoms with van der Waals surface area (Å²) in [6.07, 6.45) is 37.5. The first-order chi connectivity index (χ1) is 23.5. The van der Waals surface area contributed by atoms with E-state index in [1.807, 2.05) is 27.2 Å². The van der Waals surface area contributed by atoms with Crippen molar-refractivity contribution < 1.29 is 32.9 Å². The maximum atomic E-state index is 12.8. The van der Waals surface area contributed by atoms with Gasteiger partial charge in [0.2, 0.25) is 5.91 Å². The van der Waals surface area contributed by atoms with Gasteiger partial charge in [-0.25, -0.2) is 0 Å². The largest absolute Gasteiger partial charge is 0.756 e. The first-order valence-electron chi connectivity index (χ1n) is 19.9. The SMILES string of the molecule is CCCCCC/C=C\C/C=C\CCCCCCCC(=O)NC(COP(=O)([O-])OCC[N+](C)(C)C)C(O)/C=C/CCCCCCCCCCC. The first kappa shape index (κ1) is 47.7. The van der Waals surface area contributed by atoms with Crippen LogP contribution in [0.4, 0.5) is 0 Å². The van der Waals surface area contributed by atoms with Crippen molar-refractivity contribution in [3.05, 3.63) is 36.5 Å². The second kappa shape index (κ2) is 32.6. The number of phosphoric acid groups is 1. The smallest absolute Gasteiger partial charge is 0.268 e. The van der Waals surface area contributed by atoms with Gasteiger partial charge in [0.1, 0.15) is 13.2 Å². The van der Waals surface area contributed by atoms with Crippen LogP contribution in [-0.4, -0.2) is 68.5 Å². The number of rotatable bonds is 35. The number of nitrogens with zero attached hydrogens (tertiary/aromatic N) is 1. The quantitative estimate of drug-likeness (QED) is 0.0293. The molecule has 0 aliphatic rings. The number of hydrogen-bond donors (Lipinski definition) is 2. The molecule has 3 atom stereocenters. The van der Waals surface area contributed by atoms with E-state index in [0.717, 1.165) is 64.2 Å². The van der Waals surface area contributed by atoms with E-state index in [9.17, 15) is 19.4 Å². The monoisotopic (exact) mass is 713 g/mol. The Morgan fingerprint density at radius 3 is 1.71 bits per heavy atom. The lowest BCUT2D eigenvalue weighted by Crippen LogP contribution is -2.45. The lowest BCUT2D eigenvalue weighted by atomic mass is 10.1. The van der Waals surface area contributed by atoms with Crippen molar-refractivity contribution in [2.45, 2.75) is 174 Å². The van der Waals surface area contributed by atoms with Crippen molar-refractivity contribution in [1.82, 2.24) is 5.32 Å². The van der Waals surface area contributed by atoms with Crippen molar-refractivity contribution in [2.75, 3.05) is 40.9 Å². The Bertz CT molecular complexity index is 902. The molecule has 0 bridgehead atoms. The summed E-state index contributed by atoms with van der Waals surface area (Å²) in [5, 5.41) is 13.7. The third-order valence-electron chi connectivity index (χ3n) is 8.59. The Morgan fingerprint density at radius 1 is 0.714 bits per heavy atom. The summed E-state index contributed by atoms with van der Waals surface area (Å²) in [4.78, 5) is 25.2. The summed E-state index contributed by atoms with van der Waals surface area (Å²) in [6, 6.07) is -0.890. The molecule has 0 aliphatic heterocycles. The Kier molecular flexibility index (Phi) is 31.8. The van der Waals surface area contributed by atoms with Crippen LogP contribution in [0, 0.1) is 0 Å². The highest BCUT2D eigenvalue weighted by atomic mass is 31.2. The highest BCUT2D eigenvalue weighted by Gasteiger charge is 2.23. The van der Waals surface area contributed by atoms with Crippen molar-refractivity contribution in [3.63, 3.8) is 0 Å². The lowest BCUT2D eigenvalue weighted by Gasteiger charge is -2.29. The number of unbranched alkanes of at least 4 members (excludes halogenated alkanes) is 18. The van der Waals surface area contributed by atoms with E-state index in [1.54, 1.807) is 6.08 Å². The van der Waals surface area contributed by atoms with Gasteiger partial charge in [0, 0.05) is 6.42 Å². The zero-order valence-corrected chi connectivity index (χ0v) is 33.3. The van der Waals surface area contributed by atoms with Crippen LogP contribution in [0.5, 0.6) is 0 Å². The van der Waals surface area contributed by atoms with Crippen LogP contribution in [0.25, 0.3) is 0 Å². The molecule has 288 valence electrons. The highest BCUT2D eigenvalue weighted by Crippen LogP contribution is 2.38. The minimum Gasteiger partial charge on any atom is -0.756 e. The van der Waals surface area contributed by atoms with Gasteiger partial charge in [-0.3, -0.25) is 9.36 Å². The average Bonchev–Trinajstić information content (AvgIpc) is 3.04. The Labute approximate surface area is 302 Å². The molecular formula is C40H77N2O6P. The fourth-order valence-corrected chi connectivity index (χ4v) is 6.08. The average molecular weight is 713 g/mol. The number of allylic oxidation sites excluding steroid dienone is 5. The Morgan fingerprint density at radius 2 is 1.18 bits per heavy atom. The number of likely N-dealkylation sites (N-methyl/N-ethyl adjacent to an activating group) is 1. The van der Waals surface area contributed by atoms with Gasteiger partial charge in [0.15, 0.2) is 0 Å². The predicted octanol–water partition coefficient (Wildman–Crippen LogP) is 9.72. The molecule has 0 saturated carbocycles. The summed E-state index contributed by atoms with van der Waals surface area (Å²) in [7, 11) is 1.24. The number of phosphoric ester groups is 1. The molecule has 49 heavy (non-hydrogen) atoms. The number of aliphatic hydroxyl groups is 1. The summed E-state index contributed by atoms with van der Waals surface area (Å²) in [6.45, 7) is 4.58. The third-order valence-corrected chi connectivity index (χ3v) is 9.56. The van der Waals surface area contributed by atoms with Crippen LogP contribution in [0.3, 0.4) is 0 Å². The molecule has 0 heterocycles. The van der Waals surface area contributed by atoms with Gasteiger partial charge >= 0.3 is 0 Å². The van der Waals surface area contributed by atoms with Crippen LogP contribution in [0.2, 0.25) is 0 Å². The number of amides is 1. The van der Waals surface area contributed by atoms with Gasteiger partial charge in [0.25, 0.3) is 7.82 Å². The van der Waals surface area contributed by atoms with E-state index in [2.05, 4.69) is 43.5 Å². The molecule has 2 N–H and O–H groups in total. The molecule has 1 amide bonds. The lowest BCUT2D eigenvalue weighted by molar-refractivity contribution is -0.870. The summed E-state index contributed by atoms with van der Waals surface area (Å²) >= 11 is 0. The highest BCUT2D eigenvalue weighted by molar-refractivity contribution is 7.45. The van der Waals surface area contributed by atoms with Gasteiger partial charge in [-0.05, 0) is 51.4 Å². The molecule has 0 rings (SSSR count). The van der Waals surface area contributed by atoms with E-state index < -0.39 is 20.0 Å². The summed E-state index contributed by atoms with van der Waals surface area (Å²) in [5.74, 6) is -0.215. The van der Waals surface area contributed by atoms with E-state index in [1.165, 1.54) is 77.0 Å². The molecular weight excluding hydrogens is 635 g/mol. The zero-order valence-electron chi connectivity index (χ0n) is 32.4. The second-order valence-corrected chi connectivity index (χ2v) is 16.0.